The van der Waals surface area contributed by atoms with Crippen LogP contribution in [0.1, 0.15) is 38.8 Å². The van der Waals surface area contributed by atoms with Gasteiger partial charge in [-0.05, 0) is 78.5 Å². The van der Waals surface area contributed by atoms with Crippen LogP contribution in [0.5, 0.6) is 5.75 Å². The van der Waals surface area contributed by atoms with Gasteiger partial charge in [-0.15, -0.1) is 0 Å². The van der Waals surface area contributed by atoms with Gasteiger partial charge in [0, 0.05) is 12.1 Å². The highest BCUT2D eigenvalue weighted by molar-refractivity contribution is 9.10. The van der Waals surface area contributed by atoms with Gasteiger partial charge in [0.05, 0.1) is 4.47 Å². The van der Waals surface area contributed by atoms with Crippen LogP contribution in [-0.4, -0.2) is 34.9 Å². The highest BCUT2D eigenvalue weighted by Gasteiger charge is 2.29. The molecular weight excluding hydrogens is 480 g/mol. The number of hydrogen-bond acceptors (Lipinski definition) is 3. The van der Waals surface area contributed by atoms with Gasteiger partial charge in [-0.25, -0.2) is 0 Å². The number of amides is 2. The molecule has 5 nitrogen and oxygen atoms in total. The van der Waals surface area contributed by atoms with Crippen molar-refractivity contribution in [2.45, 2.75) is 52.7 Å². The molecule has 0 fully saturated rings. The third kappa shape index (κ3) is 6.35. The maximum absolute atomic E-state index is 13.3. The SMILES string of the molecule is Cc1ccccc1CN(C(=O)COc1ccc2ccccc2c1Br)C(C)C(=O)NC(C)(C)C. The maximum Gasteiger partial charge on any atom is 0.261 e. The van der Waals surface area contributed by atoms with Crippen LogP contribution in [0.2, 0.25) is 0 Å². The number of fused-ring (bicyclic) bond motifs is 1. The van der Waals surface area contributed by atoms with Gasteiger partial charge in [0.15, 0.2) is 6.61 Å². The molecule has 0 radical (unpaired) electrons. The minimum Gasteiger partial charge on any atom is -0.483 e. The normalized spacial score (nSPS) is 12.3. The zero-order valence-corrected chi connectivity index (χ0v) is 21.4. The van der Waals surface area contributed by atoms with E-state index in [-0.39, 0.29) is 18.4 Å². The van der Waals surface area contributed by atoms with Crippen LogP contribution in [0.25, 0.3) is 10.8 Å². The molecule has 0 spiro atoms. The van der Waals surface area contributed by atoms with E-state index in [4.69, 9.17) is 4.74 Å². The molecule has 3 aromatic carbocycles. The lowest BCUT2D eigenvalue weighted by Gasteiger charge is -2.31. The number of halogens is 1. The molecule has 0 saturated carbocycles. The van der Waals surface area contributed by atoms with Crippen LogP contribution in [0, 0.1) is 6.92 Å². The Morgan fingerprint density at radius 3 is 2.39 bits per heavy atom. The van der Waals surface area contributed by atoms with Crippen molar-refractivity contribution in [3.05, 3.63) is 76.3 Å². The lowest BCUT2D eigenvalue weighted by molar-refractivity contribution is -0.142. The summed E-state index contributed by atoms with van der Waals surface area (Å²) in [5.41, 5.74) is 1.67. The van der Waals surface area contributed by atoms with Crippen molar-refractivity contribution in [1.82, 2.24) is 10.2 Å². The second-order valence-corrected chi connectivity index (χ2v) is 10.0. The lowest BCUT2D eigenvalue weighted by Crippen LogP contribution is -2.53. The van der Waals surface area contributed by atoms with Crippen molar-refractivity contribution in [2.24, 2.45) is 0 Å². The molecule has 0 aliphatic rings. The van der Waals surface area contributed by atoms with E-state index in [9.17, 15) is 9.59 Å². The van der Waals surface area contributed by atoms with Crippen molar-refractivity contribution >= 4 is 38.5 Å². The van der Waals surface area contributed by atoms with Crippen molar-refractivity contribution in [2.75, 3.05) is 6.61 Å². The molecule has 2 amide bonds. The zero-order chi connectivity index (χ0) is 24.2. The summed E-state index contributed by atoms with van der Waals surface area (Å²) in [5.74, 6) is 0.135. The van der Waals surface area contributed by atoms with E-state index in [1.165, 1.54) is 0 Å². The summed E-state index contributed by atoms with van der Waals surface area (Å²) in [6, 6.07) is 19.0. The summed E-state index contributed by atoms with van der Waals surface area (Å²) in [6.07, 6.45) is 0. The lowest BCUT2D eigenvalue weighted by atomic mass is 10.1. The number of nitrogens with one attached hydrogen (secondary N) is 1. The van der Waals surface area contributed by atoms with Gasteiger partial charge in [-0.2, -0.15) is 0 Å². The maximum atomic E-state index is 13.3. The Morgan fingerprint density at radius 1 is 1.03 bits per heavy atom. The van der Waals surface area contributed by atoms with E-state index in [1.807, 2.05) is 88.4 Å². The van der Waals surface area contributed by atoms with Crippen molar-refractivity contribution in [3.63, 3.8) is 0 Å². The molecule has 0 aromatic heterocycles. The molecule has 1 unspecified atom stereocenters. The number of nitrogens with zero attached hydrogens (tertiary/aromatic N) is 1. The quantitative estimate of drug-likeness (QED) is 0.448. The minimum atomic E-state index is -0.653. The first-order valence-corrected chi connectivity index (χ1v) is 11.8. The second-order valence-electron chi connectivity index (χ2n) is 9.25. The molecule has 0 heterocycles. The van der Waals surface area contributed by atoms with Gasteiger partial charge in [0.25, 0.3) is 5.91 Å². The molecule has 0 aliphatic carbocycles. The first-order chi connectivity index (χ1) is 15.6. The molecule has 1 atom stereocenters. The van der Waals surface area contributed by atoms with Crippen LogP contribution in [0.3, 0.4) is 0 Å². The largest absolute Gasteiger partial charge is 0.483 e. The van der Waals surface area contributed by atoms with Crippen LogP contribution >= 0.6 is 15.9 Å². The Morgan fingerprint density at radius 2 is 1.70 bits per heavy atom. The zero-order valence-electron chi connectivity index (χ0n) is 19.8. The predicted octanol–water partition coefficient (Wildman–Crippen LogP) is 5.62. The number of rotatable bonds is 7. The molecule has 33 heavy (non-hydrogen) atoms. The van der Waals surface area contributed by atoms with Crippen LogP contribution in [-0.2, 0) is 16.1 Å². The van der Waals surface area contributed by atoms with E-state index >= 15 is 0 Å². The molecule has 174 valence electrons. The smallest absolute Gasteiger partial charge is 0.261 e. The summed E-state index contributed by atoms with van der Waals surface area (Å²) < 4.78 is 6.72. The van der Waals surface area contributed by atoms with Crippen molar-refractivity contribution < 1.29 is 14.3 Å². The number of aryl methyl sites for hydroxylation is 1. The highest BCUT2D eigenvalue weighted by Crippen LogP contribution is 2.33. The fourth-order valence-corrected chi connectivity index (χ4v) is 4.18. The molecule has 3 rings (SSSR count). The van der Waals surface area contributed by atoms with Crippen LogP contribution in [0.15, 0.2) is 65.1 Å². The van der Waals surface area contributed by atoms with Crippen molar-refractivity contribution in [3.8, 4) is 5.75 Å². The Bertz CT molecular complexity index is 1150. The predicted molar refractivity (Wildman–Crippen MR) is 136 cm³/mol. The summed E-state index contributed by atoms with van der Waals surface area (Å²) in [6.45, 7) is 9.68. The Labute approximate surface area is 204 Å². The number of carbonyl (C=O) groups is 2. The van der Waals surface area contributed by atoms with Gasteiger partial charge >= 0.3 is 0 Å². The highest BCUT2D eigenvalue weighted by atomic mass is 79.9. The fourth-order valence-electron chi connectivity index (χ4n) is 3.58. The standard InChI is InChI=1S/C27H31BrN2O3/c1-18-10-6-7-12-21(18)16-30(19(2)26(32)29-27(3,4)5)24(31)17-33-23-15-14-20-11-8-9-13-22(20)25(23)28/h6-15,19H,16-17H2,1-5H3,(H,29,32). The van der Waals surface area contributed by atoms with E-state index in [0.29, 0.717) is 12.3 Å². The van der Waals surface area contributed by atoms with E-state index in [0.717, 1.165) is 26.4 Å². The molecule has 0 saturated heterocycles. The van der Waals surface area contributed by atoms with Gasteiger partial charge in [0.2, 0.25) is 5.91 Å². The average Bonchev–Trinajstić information content (AvgIpc) is 2.76. The number of benzene rings is 3. The van der Waals surface area contributed by atoms with Gasteiger partial charge in [-0.1, -0.05) is 54.6 Å². The number of ether oxygens (including phenoxy) is 1. The van der Waals surface area contributed by atoms with Crippen LogP contribution < -0.4 is 10.1 Å². The third-order valence-corrected chi connectivity index (χ3v) is 6.26. The van der Waals surface area contributed by atoms with Crippen LogP contribution in [0.4, 0.5) is 0 Å². The molecule has 1 N–H and O–H groups in total. The average molecular weight is 511 g/mol. The molecule has 0 bridgehead atoms. The first kappa shape index (κ1) is 24.8. The second kappa shape index (κ2) is 10.4. The van der Waals surface area contributed by atoms with Gasteiger partial charge in [0.1, 0.15) is 11.8 Å². The van der Waals surface area contributed by atoms with E-state index in [1.54, 1.807) is 11.8 Å². The van der Waals surface area contributed by atoms with E-state index in [2.05, 4.69) is 21.2 Å². The molecule has 0 aliphatic heterocycles. The number of hydrogen-bond donors (Lipinski definition) is 1. The number of carbonyl (C=O) groups excluding carboxylic acids is 2. The Kier molecular flexibility index (Phi) is 7.80. The summed E-state index contributed by atoms with van der Waals surface area (Å²) >= 11 is 3.60. The summed E-state index contributed by atoms with van der Waals surface area (Å²) in [5, 5.41) is 5.07. The fraction of sp³-hybridized carbons (Fsp3) is 0.333. The Hall–Kier alpha value is -2.86. The van der Waals surface area contributed by atoms with Gasteiger partial charge in [-0.3, -0.25) is 9.59 Å². The summed E-state index contributed by atoms with van der Waals surface area (Å²) in [4.78, 5) is 27.8. The topological polar surface area (TPSA) is 58.6 Å². The summed E-state index contributed by atoms with van der Waals surface area (Å²) in [7, 11) is 0. The van der Waals surface area contributed by atoms with Gasteiger partial charge < -0.3 is 15.0 Å². The molecule has 6 heteroatoms. The molecular formula is C27H31BrN2O3. The first-order valence-electron chi connectivity index (χ1n) is 11.0. The third-order valence-electron chi connectivity index (χ3n) is 5.45. The van der Waals surface area contributed by atoms with E-state index < -0.39 is 11.6 Å². The molecule has 3 aromatic rings. The Balaban J connectivity index is 1.82. The minimum absolute atomic E-state index is 0.171. The monoisotopic (exact) mass is 510 g/mol. The van der Waals surface area contributed by atoms with Crippen molar-refractivity contribution in [1.29, 1.82) is 0 Å².